The van der Waals surface area contributed by atoms with Gasteiger partial charge in [0.1, 0.15) is 0 Å². The molecule has 0 aromatic carbocycles. The van der Waals surface area contributed by atoms with Crippen LogP contribution in [0.3, 0.4) is 0 Å². The van der Waals surface area contributed by atoms with Crippen molar-refractivity contribution in [1.29, 1.82) is 0 Å². The number of hydrogen-bond donors (Lipinski definition) is 1. The number of fused-ring (bicyclic) bond motifs is 1. The van der Waals surface area contributed by atoms with Gasteiger partial charge in [-0.2, -0.15) is 0 Å². The number of rotatable bonds is 2. The van der Waals surface area contributed by atoms with Gasteiger partial charge < -0.3 is 14.8 Å². The molecular formula is C7H13NO2. The van der Waals surface area contributed by atoms with Gasteiger partial charge in [0.2, 0.25) is 0 Å². The molecule has 0 spiro atoms. The van der Waals surface area contributed by atoms with Crippen LogP contribution in [0.15, 0.2) is 0 Å². The molecule has 1 aliphatic heterocycles. The van der Waals surface area contributed by atoms with Crippen LogP contribution in [0.5, 0.6) is 0 Å². The molecule has 2 atom stereocenters. The van der Waals surface area contributed by atoms with E-state index in [0.29, 0.717) is 18.1 Å². The number of ether oxygens (including phenoxy) is 2. The lowest BCUT2D eigenvalue weighted by molar-refractivity contribution is -0.0376. The minimum Gasteiger partial charge on any atom is -0.373 e. The van der Waals surface area contributed by atoms with Gasteiger partial charge in [0.25, 0.3) is 0 Å². The first-order valence-corrected chi connectivity index (χ1v) is 3.81. The van der Waals surface area contributed by atoms with Gasteiger partial charge in [-0.05, 0) is 7.05 Å². The van der Waals surface area contributed by atoms with E-state index in [1.165, 1.54) is 0 Å². The van der Waals surface area contributed by atoms with Crippen LogP contribution in [0.25, 0.3) is 0 Å². The summed E-state index contributed by atoms with van der Waals surface area (Å²) >= 11 is 0. The monoisotopic (exact) mass is 143 g/mol. The van der Waals surface area contributed by atoms with Gasteiger partial charge in [-0.3, -0.25) is 0 Å². The van der Waals surface area contributed by atoms with Crippen molar-refractivity contribution in [2.75, 3.05) is 26.8 Å². The molecule has 58 valence electrons. The van der Waals surface area contributed by atoms with Gasteiger partial charge in [0.05, 0.1) is 25.4 Å². The molecule has 2 aliphatic rings. The van der Waals surface area contributed by atoms with E-state index >= 15 is 0 Å². The normalized spacial score (nSPS) is 44.7. The molecule has 10 heavy (non-hydrogen) atoms. The highest BCUT2D eigenvalue weighted by Gasteiger charge is 2.53. The quantitative estimate of drug-likeness (QED) is 0.571. The summed E-state index contributed by atoms with van der Waals surface area (Å²) in [7, 11) is 1.96. The van der Waals surface area contributed by atoms with Crippen LogP contribution in [0.4, 0.5) is 0 Å². The fourth-order valence-corrected chi connectivity index (χ4v) is 1.59. The summed E-state index contributed by atoms with van der Waals surface area (Å²) in [5.41, 5.74) is 0. The standard InChI is InChI=1S/C7H13NO2/c1-8-4-5-6-7(5)10-3-2-9-6/h5-8H,2-4H2,1H3. The van der Waals surface area contributed by atoms with Gasteiger partial charge in [0.15, 0.2) is 0 Å². The van der Waals surface area contributed by atoms with Crippen molar-refractivity contribution in [3.05, 3.63) is 0 Å². The first-order valence-electron chi connectivity index (χ1n) is 3.81. The maximum absolute atomic E-state index is 5.45. The number of hydrogen-bond acceptors (Lipinski definition) is 3. The molecule has 0 radical (unpaired) electrons. The van der Waals surface area contributed by atoms with Crippen LogP contribution >= 0.6 is 0 Å². The summed E-state index contributed by atoms with van der Waals surface area (Å²) in [6, 6.07) is 0. The third-order valence-electron chi connectivity index (χ3n) is 2.17. The van der Waals surface area contributed by atoms with E-state index in [1.807, 2.05) is 7.05 Å². The fourth-order valence-electron chi connectivity index (χ4n) is 1.59. The first kappa shape index (κ1) is 6.58. The van der Waals surface area contributed by atoms with E-state index in [9.17, 15) is 0 Å². The highest BCUT2D eigenvalue weighted by molar-refractivity contribution is 5.03. The second kappa shape index (κ2) is 2.49. The second-order valence-electron chi connectivity index (χ2n) is 2.89. The van der Waals surface area contributed by atoms with E-state index in [0.717, 1.165) is 19.8 Å². The molecule has 1 heterocycles. The molecule has 2 rings (SSSR count). The Morgan fingerprint density at radius 3 is 2.40 bits per heavy atom. The molecule has 2 fully saturated rings. The van der Waals surface area contributed by atoms with Gasteiger partial charge >= 0.3 is 0 Å². The highest BCUT2D eigenvalue weighted by atomic mass is 16.6. The van der Waals surface area contributed by atoms with Crippen molar-refractivity contribution in [2.45, 2.75) is 12.2 Å². The fraction of sp³-hybridized carbons (Fsp3) is 1.00. The lowest BCUT2D eigenvalue weighted by atomic mass is 10.4. The van der Waals surface area contributed by atoms with Crippen molar-refractivity contribution in [2.24, 2.45) is 5.92 Å². The van der Waals surface area contributed by atoms with Crippen LogP contribution < -0.4 is 5.32 Å². The van der Waals surface area contributed by atoms with Crippen LogP contribution in [0, 0.1) is 5.92 Å². The molecule has 1 aliphatic carbocycles. The van der Waals surface area contributed by atoms with Gasteiger partial charge in [-0.1, -0.05) is 0 Å². The van der Waals surface area contributed by atoms with Crippen LogP contribution in [0.2, 0.25) is 0 Å². The predicted molar refractivity (Wildman–Crippen MR) is 36.9 cm³/mol. The Kier molecular flexibility index (Phi) is 1.64. The minimum atomic E-state index is 0.404. The molecular weight excluding hydrogens is 130 g/mol. The van der Waals surface area contributed by atoms with Crippen molar-refractivity contribution < 1.29 is 9.47 Å². The third kappa shape index (κ3) is 0.944. The Bertz CT molecular complexity index is 117. The maximum atomic E-state index is 5.45. The summed E-state index contributed by atoms with van der Waals surface area (Å²) in [5, 5.41) is 3.13. The summed E-state index contributed by atoms with van der Waals surface area (Å²) in [4.78, 5) is 0. The molecule has 0 amide bonds. The molecule has 1 saturated carbocycles. The van der Waals surface area contributed by atoms with Crippen molar-refractivity contribution in [3.63, 3.8) is 0 Å². The average Bonchev–Trinajstić information content (AvgIpc) is 2.66. The average molecular weight is 143 g/mol. The second-order valence-corrected chi connectivity index (χ2v) is 2.89. The maximum Gasteiger partial charge on any atom is 0.0908 e. The SMILES string of the molecule is CNCC1C2OCCOC12. The highest BCUT2D eigenvalue weighted by Crippen LogP contribution is 2.39. The Morgan fingerprint density at radius 2 is 1.90 bits per heavy atom. The van der Waals surface area contributed by atoms with Crippen molar-refractivity contribution in [1.82, 2.24) is 5.32 Å². The molecule has 1 N–H and O–H groups in total. The summed E-state index contributed by atoms with van der Waals surface area (Å²) in [5.74, 6) is 0.618. The van der Waals surface area contributed by atoms with E-state index in [2.05, 4.69) is 5.32 Å². The summed E-state index contributed by atoms with van der Waals surface area (Å²) in [6.45, 7) is 2.58. The molecule has 3 nitrogen and oxygen atoms in total. The van der Waals surface area contributed by atoms with Crippen LogP contribution in [-0.2, 0) is 9.47 Å². The van der Waals surface area contributed by atoms with Crippen LogP contribution in [-0.4, -0.2) is 39.0 Å². The summed E-state index contributed by atoms with van der Waals surface area (Å²) in [6.07, 6.45) is 0.808. The Balaban J connectivity index is 1.82. The van der Waals surface area contributed by atoms with E-state index in [1.54, 1.807) is 0 Å². The van der Waals surface area contributed by atoms with E-state index < -0.39 is 0 Å². The molecule has 0 aromatic heterocycles. The van der Waals surface area contributed by atoms with Gasteiger partial charge in [0, 0.05) is 12.5 Å². The zero-order chi connectivity index (χ0) is 6.97. The van der Waals surface area contributed by atoms with Crippen molar-refractivity contribution in [3.8, 4) is 0 Å². The Hall–Kier alpha value is -0.120. The van der Waals surface area contributed by atoms with Crippen molar-refractivity contribution >= 4 is 0 Å². The smallest absolute Gasteiger partial charge is 0.0908 e. The zero-order valence-corrected chi connectivity index (χ0v) is 6.17. The van der Waals surface area contributed by atoms with E-state index in [-0.39, 0.29) is 0 Å². The Labute approximate surface area is 60.7 Å². The van der Waals surface area contributed by atoms with E-state index in [4.69, 9.17) is 9.47 Å². The minimum absolute atomic E-state index is 0.404. The lowest BCUT2D eigenvalue weighted by Gasteiger charge is -2.09. The van der Waals surface area contributed by atoms with Crippen LogP contribution in [0.1, 0.15) is 0 Å². The zero-order valence-electron chi connectivity index (χ0n) is 6.17. The molecule has 0 bridgehead atoms. The first-order chi connectivity index (χ1) is 4.93. The van der Waals surface area contributed by atoms with Gasteiger partial charge in [-0.25, -0.2) is 0 Å². The lowest BCUT2D eigenvalue weighted by Crippen LogP contribution is -2.16. The molecule has 3 heteroatoms. The molecule has 1 saturated heterocycles. The molecule has 2 unspecified atom stereocenters. The summed E-state index contributed by atoms with van der Waals surface area (Å²) < 4.78 is 10.9. The predicted octanol–water partition coefficient (Wildman–Crippen LogP) is -0.380. The van der Waals surface area contributed by atoms with Gasteiger partial charge in [-0.15, -0.1) is 0 Å². The number of nitrogens with one attached hydrogen (secondary N) is 1. The Morgan fingerprint density at radius 1 is 1.30 bits per heavy atom. The molecule has 0 aromatic rings. The largest absolute Gasteiger partial charge is 0.373 e. The topological polar surface area (TPSA) is 30.5 Å². The third-order valence-corrected chi connectivity index (χ3v) is 2.17.